The van der Waals surface area contributed by atoms with Gasteiger partial charge in [-0.3, -0.25) is 9.59 Å². The molecule has 3 N–H and O–H groups in total. The Kier molecular flexibility index (Phi) is 78.3. The van der Waals surface area contributed by atoms with E-state index in [9.17, 15) is 19.8 Å². The summed E-state index contributed by atoms with van der Waals surface area (Å²) in [5, 5.41) is 23.5. The van der Waals surface area contributed by atoms with Gasteiger partial charge in [0.05, 0.1) is 25.4 Å². The van der Waals surface area contributed by atoms with E-state index in [4.69, 9.17) is 4.74 Å². The molecule has 6 heteroatoms. The molecule has 0 aromatic rings. The zero-order valence-electron chi connectivity index (χ0n) is 61.2. The van der Waals surface area contributed by atoms with Gasteiger partial charge >= 0.3 is 5.97 Å². The van der Waals surface area contributed by atoms with E-state index < -0.39 is 12.1 Å². The molecule has 0 bridgehead atoms. The molecule has 0 spiro atoms. The lowest BCUT2D eigenvalue weighted by molar-refractivity contribution is -0.143. The van der Waals surface area contributed by atoms with Gasteiger partial charge in [-0.25, -0.2) is 0 Å². The van der Waals surface area contributed by atoms with Gasteiger partial charge < -0.3 is 20.3 Å². The van der Waals surface area contributed by atoms with Crippen LogP contribution in [0.25, 0.3) is 0 Å². The average Bonchev–Trinajstić information content (AvgIpc) is 3.58. The molecule has 0 aromatic carbocycles. The van der Waals surface area contributed by atoms with Crippen LogP contribution in [0.4, 0.5) is 0 Å². The van der Waals surface area contributed by atoms with Crippen molar-refractivity contribution in [3.63, 3.8) is 0 Å². The second kappa shape index (κ2) is 79.3. The normalized spacial score (nSPS) is 12.4. The first kappa shape index (κ1) is 87.9. The first-order valence-electron chi connectivity index (χ1n) is 41.8. The summed E-state index contributed by atoms with van der Waals surface area (Å²) in [7, 11) is 0. The number of rotatable bonds is 80. The Bertz CT molecular complexity index is 1310. The standard InChI is InChI=1S/C83H165NO5/c1-3-5-7-9-11-13-15-17-18-19-20-21-22-34-37-40-43-46-49-52-55-59-63-67-71-75-81(86)80(79-85)84-82(87)76-72-68-64-60-56-53-50-47-44-41-38-35-32-30-28-26-24-23-25-27-29-31-33-36-39-42-45-48-51-54-58-62-66-70-74-78-89-83(88)77-73-69-65-61-57-16-14-12-10-8-6-4-2/h80-81,85-86H,3-79H2,1-2H3,(H,84,87). The lowest BCUT2D eigenvalue weighted by Gasteiger charge is -2.22. The van der Waals surface area contributed by atoms with Crippen LogP contribution in [0, 0.1) is 0 Å². The van der Waals surface area contributed by atoms with E-state index in [0.717, 1.165) is 38.5 Å². The second-order valence-corrected chi connectivity index (χ2v) is 29.2. The van der Waals surface area contributed by atoms with Crippen molar-refractivity contribution in [3.8, 4) is 0 Å². The molecule has 2 atom stereocenters. The fraction of sp³-hybridized carbons (Fsp3) is 0.976. The molecule has 0 radical (unpaired) electrons. The molecule has 0 rings (SSSR count). The number of aliphatic hydroxyl groups excluding tert-OH is 2. The highest BCUT2D eigenvalue weighted by molar-refractivity contribution is 5.76. The van der Waals surface area contributed by atoms with Crippen LogP contribution in [0.1, 0.15) is 495 Å². The first-order valence-corrected chi connectivity index (χ1v) is 41.8. The van der Waals surface area contributed by atoms with Gasteiger partial charge in [-0.05, 0) is 25.7 Å². The van der Waals surface area contributed by atoms with Gasteiger partial charge in [0.2, 0.25) is 5.91 Å². The lowest BCUT2D eigenvalue weighted by atomic mass is 10.0. The van der Waals surface area contributed by atoms with Gasteiger partial charge in [0.1, 0.15) is 0 Å². The molecule has 2 unspecified atom stereocenters. The number of carbonyl (C=O) groups is 2. The third-order valence-electron chi connectivity index (χ3n) is 20.2. The van der Waals surface area contributed by atoms with Crippen LogP contribution >= 0.6 is 0 Å². The summed E-state index contributed by atoms with van der Waals surface area (Å²) in [6.07, 6.45) is 99.4. The van der Waals surface area contributed by atoms with Crippen LogP contribution in [0.2, 0.25) is 0 Å². The molecule has 0 heterocycles. The fourth-order valence-electron chi connectivity index (χ4n) is 13.8. The minimum Gasteiger partial charge on any atom is -0.466 e. The molecule has 1 amide bonds. The zero-order valence-corrected chi connectivity index (χ0v) is 61.2. The van der Waals surface area contributed by atoms with Crippen molar-refractivity contribution in [3.05, 3.63) is 0 Å². The third kappa shape index (κ3) is 75.8. The van der Waals surface area contributed by atoms with Crippen molar-refractivity contribution < 1.29 is 24.5 Å². The third-order valence-corrected chi connectivity index (χ3v) is 20.2. The first-order chi connectivity index (χ1) is 44.0. The van der Waals surface area contributed by atoms with Gasteiger partial charge in [-0.2, -0.15) is 0 Å². The van der Waals surface area contributed by atoms with Crippen LogP contribution in [0.5, 0.6) is 0 Å². The predicted octanol–water partition coefficient (Wildman–Crippen LogP) is 27.7. The van der Waals surface area contributed by atoms with Crippen molar-refractivity contribution in [2.24, 2.45) is 0 Å². The molecule has 0 saturated carbocycles. The number of esters is 1. The van der Waals surface area contributed by atoms with Gasteiger partial charge in [0.15, 0.2) is 0 Å². The molecule has 0 saturated heterocycles. The highest BCUT2D eigenvalue weighted by Crippen LogP contribution is 2.21. The van der Waals surface area contributed by atoms with E-state index in [1.807, 2.05) is 0 Å². The summed E-state index contributed by atoms with van der Waals surface area (Å²) in [5.41, 5.74) is 0. The number of nitrogens with one attached hydrogen (secondary N) is 1. The Balaban J connectivity index is 3.31. The van der Waals surface area contributed by atoms with Crippen molar-refractivity contribution in [2.75, 3.05) is 13.2 Å². The van der Waals surface area contributed by atoms with Crippen LogP contribution in [0.15, 0.2) is 0 Å². The summed E-state index contributed by atoms with van der Waals surface area (Å²) in [4.78, 5) is 24.6. The zero-order chi connectivity index (χ0) is 64.2. The Morgan fingerprint density at radius 1 is 0.270 bits per heavy atom. The highest BCUT2D eigenvalue weighted by Gasteiger charge is 2.20. The van der Waals surface area contributed by atoms with Crippen LogP contribution in [-0.4, -0.2) is 47.4 Å². The highest BCUT2D eigenvalue weighted by atomic mass is 16.5. The number of aliphatic hydroxyl groups is 2. The SMILES string of the molecule is CCCCCCCCCCCCCCCCCCCCCCCCCCCC(O)C(CO)NC(=O)CCCCCCCCCCCCCCCCCCCCCCCCCCCCCCCCCCCCCOC(=O)CCCCCCCCCCCCCC. The van der Waals surface area contributed by atoms with Gasteiger partial charge in [0.25, 0.3) is 0 Å². The predicted molar refractivity (Wildman–Crippen MR) is 394 cm³/mol. The van der Waals surface area contributed by atoms with Crippen molar-refractivity contribution in [1.29, 1.82) is 0 Å². The number of ether oxygens (including phenoxy) is 1. The molecular weight excluding hydrogens is 1090 g/mol. The Morgan fingerprint density at radius 2 is 0.461 bits per heavy atom. The van der Waals surface area contributed by atoms with Gasteiger partial charge in [-0.1, -0.05) is 457 Å². The van der Waals surface area contributed by atoms with E-state index in [1.165, 1.54) is 424 Å². The lowest BCUT2D eigenvalue weighted by Crippen LogP contribution is -2.45. The molecule has 6 nitrogen and oxygen atoms in total. The second-order valence-electron chi connectivity index (χ2n) is 29.2. The summed E-state index contributed by atoms with van der Waals surface area (Å²) < 4.78 is 5.49. The molecule has 0 aliphatic heterocycles. The number of carbonyl (C=O) groups excluding carboxylic acids is 2. The van der Waals surface area contributed by atoms with E-state index >= 15 is 0 Å². The monoisotopic (exact) mass is 1260 g/mol. The molecule has 89 heavy (non-hydrogen) atoms. The van der Waals surface area contributed by atoms with E-state index in [2.05, 4.69) is 19.2 Å². The number of amides is 1. The molecule has 0 fully saturated rings. The molecule has 532 valence electrons. The largest absolute Gasteiger partial charge is 0.466 e. The van der Waals surface area contributed by atoms with Crippen LogP contribution in [-0.2, 0) is 14.3 Å². The summed E-state index contributed by atoms with van der Waals surface area (Å²) >= 11 is 0. The summed E-state index contributed by atoms with van der Waals surface area (Å²) in [6, 6.07) is -0.538. The molecule has 0 aliphatic carbocycles. The smallest absolute Gasteiger partial charge is 0.305 e. The minimum absolute atomic E-state index is 0.0226. The quantitative estimate of drug-likeness (QED) is 0.0417. The average molecular weight is 1260 g/mol. The molecule has 0 aliphatic rings. The Morgan fingerprint density at radius 3 is 0.685 bits per heavy atom. The topological polar surface area (TPSA) is 95.9 Å². The van der Waals surface area contributed by atoms with Crippen molar-refractivity contribution in [2.45, 2.75) is 508 Å². The molecular formula is C83H165NO5. The van der Waals surface area contributed by atoms with Gasteiger partial charge in [-0.15, -0.1) is 0 Å². The summed E-state index contributed by atoms with van der Waals surface area (Å²) in [5.74, 6) is 0.00216. The van der Waals surface area contributed by atoms with Crippen molar-refractivity contribution >= 4 is 11.9 Å². The maximum atomic E-state index is 12.6. The maximum Gasteiger partial charge on any atom is 0.305 e. The maximum absolute atomic E-state index is 12.6. The van der Waals surface area contributed by atoms with Crippen LogP contribution < -0.4 is 5.32 Å². The summed E-state index contributed by atoms with van der Waals surface area (Å²) in [6.45, 7) is 5.02. The Labute approximate surface area is 559 Å². The molecule has 0 aromatic heterocycles. The van der Waals surface area contributed by atoms with E-state index in [1.54, 1.807) is 0 Å². The number of hydrogen-bond donors (Lipinski definition) is 3. The van der Waals surface area contributed by atoms with Crippen molar-refractivity contribution in [1.82, 2.24) is 5.32 Å². The van der Waals surface area contributed by atoms with Gasteiger partial charge in [0, 0.05) is 12.8 Å². The van der Waals surface area contributed by atoms with E-state index in [0.29, 0.717) is 25.9 Å². The number of hydrogen-bond acceptors (Lipinski definition) is 5. The van der Waals surface area contributed by atoms with E-state index in [-0.39, 0.29) is 18.5 Å². The van der Waals surface area contributed by atoms with Crippen LogP contribution in [0.3, 0.4) is 0 Å². The Hall–Kier alpha value is -1.14. The number of unbranched alkanes of at least 4 members (excludes halogenated alkanes) is 69. The minimum atomic E-state index is -0.661. The fourth-order valence-corrected chi connectivity index (χ4v) is 13.8.